The summed E-state index contributed by atoms with van der Waals surface area (Å²) in [5, 5.41) is 3.47. The lowest BCUT2D eigenvalue weighted by atomic mass is 9.95. The molecule has 0 bridgehead atoms. The number of pyridine rings is 2. The van der Waals surface area contributed by atoms with E-state index < -0.39 is 18.0 Å². The van der Waals surface area contributed by atoms with Crippen LogP contribution in [0.1, 0.15) is 40.5 Å². The third kappa shape index (κ3) is 5.11. The van der Waals surface area contributed by atoms with Crippen molar-refractivity contribution >= 4 is 28.6 Å². The molecular weight excluding hydrogens is 452 g/mol. The number of carbonyl (C=O) groups excluding carboxylic acids is 2. The van der Waals surface area contributed by atoms with Crippen LogP contribution in [0.25, 0.3) is 10.9 Å². The van der Waals surface area contributed by atoms with Crippen LogP contribution in [-0.4, -0.2) is 39.4 Å². The molecule has 4 aromatic rings. The van der Waals surface area contributed by atoms with E-state index in [9.17, 15) is 9.59 Å². The Balaban J connectivity index is 1.44. The Hall–Kier alpha value is -4.10. The number of aromatic nitrogens is 2. The van der Waals surface area contributed by atoms with E-state index in [0.717, 1.165) is 41.7 Å². The van der Waals surface area contributed by atoms with Gasteiger partial charge in [-0.3, -0.25) is 14.7 Å². The van der Waals surface area contributed by atoms with Gasteiger partial charge in [0.2, 0.25) is 0 Å². The van der Waals surface area contributed by atoms with Crippen LogP contribution in [0.5, 0.6) is 0 Å². The Labute approximate surface area is 210 Å². The summed E-state index contributed by atoms with van der Waals surface area (Å²) >= 11 is 0. The number of rotatable bonds is 7. The summed E-state index contributed by atoms with van der Waals surface area (Å²) in [5.41, 5.74) is 4.26. The van der Waals surface area contributed by atoms with Crippen molar-refractivity contribution in [2.24, 2.45) is 0 Å². The van der Waals surface area contributed by atoms with Gasteiger partial charge in [0.25, 0.3) is 5.91 Å². The average molecular weight is 481 g/mol. The molecule has 182 valence electrons. The van der Waals surface area contributed by atoms with Gasteiger partial charge in [-0.15, -0.1) is 0 Å². The molecule has 36 heavy (non-hydrogen) atoms. The van der Waals surface area contributed by atoms with E-state index in [-0.39, 0.29) is 0 Å². The van der Waals surface area contributed by atoms with Crippen LogP contribution >= 0.6 is 0 Å². The summed E-state index contributed by atoms with van der Waals surface area (Å²) in [6.45, 7) is 4.04. The molecule has 2 aromatic carbocycles. The molecule has 1 aliphatic heterocycles. The van der Waals surface area contributed by atoms with Crippen LogP contribution < -0.4 is 5.32 Å². The largest absolute Gasteiger partial charge is 0.449 e. The maximum absolute atomic E-state index is 13.7. The first-order chi connectivity index (χ1) is 17.6. The predicted octanol–water partition coefficient (Wildman–Crippen LogP) is 4.76. The van der Waals surface area contributed by atoms with Gasteiger partial charge >= 0.3 is 5.97 Å². The van der Waals surface area contributed by atoms with Gasteiger partial charge in [0, 0.05) is 48.9 Å². The summed E-state index contributed by atoms with van der Waals surface area (Å²) < 4.78 is 5.82. The number of fused-ring (bicyclic) bond motifs is 2. The average Bonchev–Trinajstić information content (AvgIpc) is 2.91. The molecule has 2 aromatic heterocycles. The second-order valence-corrected chi connectivity index (χ2v) is 8.88. The van der Waals surface area contributed by atoms with Gasteiger partial charge in [0.05, 0.1) is 11.1 Å². The summed E-state index contributed by atoms with van der Waals surface area (Å²) in [6, 6.07) is 23.1. The van der Waals surface area contributed by atoms with Crippen molar-refractivity contribution in [3.8, 4) is 0 Å². The third-order valence-electron chi connectivity index (χ3n) is 6.41. The minimum absolute atomic E-state index is 0.343. The second-order valence-electron chi connectivity index (χ2n) is 8.88. The minimum Gasteiger partial charge on any atom is -0.449 e. The highest BCUT2D eigenvalue weighted by molar-refractivity contribution is 6.06. The fraction of sp³-hybridized carbons (Fsp3) is 0.241. The monoisotopic (exact) mass is 480 g/mol. The summed E-state index contributed by atoms with van der Waals surface area (Å²) in [5.74, 6) is -0.489. The molecule has 1 unspecified atom stereocenters. The van der Waals surface area contributed by atoms with Gasteiger partial charge in [-0.05, 0) is 30.2 Å². The first-order valence-corrected chi connectivity index (χ1v) is 12.2. The molecule has 7 nitrogen and oxygen atoms in total. The molecule has 0 saturated carbocycles. The van der Waals surface area contributed by atoms with Gasteiger partial charge in [0.1, 0.15) is 5.82 Å². The van der Waals surface area contributed by atoms with E-state index in [1.807, 2.05) is 49.4 Å². The number of carbonyl (C=O) groups is 2. The SMILES string of the molecule is CCC(OC(=O)c1c2c(nc3ccccc13)CCN(Cc1ccccc1)C2)C(=O)Nc1ccccn1. The smallest absolute Gasteiger partial charge is 0.340 e. The van der Waals surface area contributed by atoms with Crippen LogP contribution in [-0.2, 0) is 29.0 Å². The number of esters is 1. The molecule has 1 atom stereocenters. The topological polar surface area (TPSA) is 84.4 Å². The van der Waals surface area contributed by atoms with Crippen molar-refractivity contribution in [3.05, 3.63) is 101 Å². The van der Waals surface area contributed by atoms with Gasteiger partial charge in [-0.25, -0.2) is 9.78 Å². The lowest BCUT2D eigenvalue weighted by Crippen LogP contribution is -2.35. The number of para-hydroxylation sites is 1. The maximum atomic E-state index is 13.7. The molecule has 0 saturated heterocycles. The zero-order valence-electron chi connectivity index (χ0n) is 20.2. The molecule has 7 heteroatoms. The van der Waals surface area contributed by atoms with E-state index in [4.69, 9.17) is 9.72 Å². The molecule has 5 rings (SSSR count). The van der Waals surface area contributed by atoms with Crippen molar-refractivity contribution in [3.63, 3.8) is 0 Å². The fourth-order valence-corrected chi connectivity index (χ4v) is 4.61. The van der Waals surface area contributed by atoms with Crippen LogP contribution in [0.2, 0.25) is 0 Å². The molecule has 0 aliphatic carbocycles. The standard InChI is InChI=1S/C29H28N4O3/c1-2-25(28(34)32-26-14-8-9-16-30-26)36-29(35)27-21-12-6-7-13-23(21)31-24-15-17-33(19-22(24)27)18-20-10-4-3-5-11-20/h3-14,16,25H,2,15,17-19H2,1H3,(H,30,32,34). The summed E-state index contributed by atoms with van der Waals surface area (Å²) in [7, 11) is 0. The Bertz CT molecular complexity index is 1380. The van der Waals surface area contributed by atoms with Crippen molar-refractivity contribution in [2.75, 3.05) is 11.9 Å². The number of benzene rings is 2. The zero-order valence-corrected chi connectivity index (χ0v) is 20.2. The number of anilines is 1. The van der Waals surface area contributed by atoms with Gasteiger partial charge < -0.3 is 10.1 Å². The molecular formula is C29H28N4O3. The number of hydrogen-bond acceptors (Lipinski definition) is 6. The second kappa shape index (κ2) is 10.7. The van der Waals surface area contributed by atoms with E-state index in [1.165, 1.54) is 5.56 Å². The van der Waals surface area contributed by atoms with E-state index in [2.05, 4.69) is 27.3 Å². The lowest BCUT2D eigenvalue weighted by molar-refractivity contribution is -0.124. The Morgan fingerprint density at radius 2 is 1.81 bits per heavy atom. The highest BCUT2D eigenvalue weighted by Crippen LogP contribution is 2.30. The van der Waals surface area contributed by atoms with E-state index >= 15 is 0 Å². The predicted molar refractivity (Wildman–Crippen MR) is 138 cm³/mol. The lowest BCUT2D eigenvalue weighted by Gasteiger charge is -2.30. The Morgan fingerprint density at radius 3 is 2.58 bits per heavy atom. The number of nitrogens with zero attached hydrogens (tertiary/aromatic N) is 3. The molecule has 3 heterocycles. The zero-order chi connectivity index (χ0) is 24.9. The van der Waals surface area contributed by atoms with Crippen molar-refractivity contribution < 1.29 is 14.3 Å². The fourth-order valence-electron chi connectivity index (χ4n) is 4.61. The van der Waals surface area contributed by atoms with Crippen molar-refractivity contribution in [2.45, 2.75) is 39.0 Å². The number of amides is 1. The Morgan fingerprint density at radius 1 is 1.03 bits per heavy atom. The van der Waals surface area contributed by atoms with Gasteiger partial charge in [-0.1, -0.05) is 61.5 Å². The van der Waals surface area contributed by atoms with Gasteiger partial charge in [0.15, 0.2) is 6.10 Å². The van der Waals surface area contributed by atoms with E-state index in [1.54, 1.807) is 24.4 Å². The molecule has 1 amide bonds. The highest BCUT2D eigenvalue weighted by Gasteiger charge is 2.29. The molecule has 1 N–H and O–H groups in total. The first-order valence-electron chi connectivity index (χ1n) is 12.2. The summed E-state index contributed by atoms with van der Waals surface area (Å²) in [4.78, 5) is 37.8. The molecule has 0 spiro atoms. The number of ether oxygens (including phenoxy) is 1. The Kier molecular flexibility index (Phi) is 7.00. The maximum Gasteiger partial charge on any atom is 0.340 e. The quantitative estimate of drug-likeness (QED) is 0.384. The number of hydrogen-bond donors (Lipinski definition) is 1. The van der Waals surface area contributed by atoms with Gasteiger partial charge in [-0.2, -0.15) is 0 Å². The van der Waals surface area contributed by atoms with Crippen LogP contribution in [0.3, 0.4) is 0 Å². The first kappa shape index (κ1) is 23.6. The van der Waals surface area contributed by atoms with Crippen molar-refractivity contribution in [1.82, 2.24) is 14.9 Å². The highest BCUT2D eigenvalue weighted by atomic mass is 16.5. The minimum atomic E-state index is -0.939. The third-order valence-corrected chi connectivity index (χ3v) is 6.41. The van der Waals surface area contributed by atoms with Crippen LogP contribution in [0, 0.1) is 0 Å². The molecule has 0 radical (unpaired) electrons. The normalized spacial score (nSPS) is 14.1. The van der Waals surface area contributed by atoms with Crippen LogP contribution in [0.15, 0.2) is 79.0 Å². The number of nitrogens with one attached hydrogen (secondary N) is 1. The molecule has 0 fully saturated rings. The molecule has 1 aliphatic rings. The van der Waals surface area contributed by atoms with Crippen molar-refractivity contribution in [1.29, 1.82) is 0 Å². The van der Waals surface area contributed by atoms with Crippen LogP contribution in [0.4, 0.5) is 5.82 Å². The summed E-state index contributed by atoms with van der Waals surface area (Å²) in [6.07, 6.45) is 1.74. The van der Waals surface area contributed by atoms with E-state index in [0.29, 0.717) is 24.3 Å².